The van der Waals surface area contributed by atoms with Crippen molar-refractivity contribution in [1.82, 2.24) is 4.90 Å². The molecule has 1 amide bonds. The Morgan fingerprint density at radius 2 is 2.35 bits per heavy atom. The maximum absolute atomic E-state index is 12.1. The second-order valence-electron chi connectivity index (χ2n) is 4.13. The Kier molecular flexibility index (Phi) is 3.24. The summed E-state index contributed by atoms with van der Waals surface area (Å²) in [4.78, 5) is 13.6. The molecule has 0 radical (unpaired) electrons. The molecule has 0 N–H and O–H groups in total. The zero-order valence-corrected chi connectivity index (χ0v) is 10.4. The van der Waals surface area contributed by atoms with Gasteiger partial charge in [-0.25, -0.2) is 8.42 Å². The highest BCUT2D eigenvalue weighted by Crippen LogP contribution is 2.19. The standard InChI is InChI=1S/C11H15NO4S/c1-2-12(9-5-7-17(14,15)8-9)11(13)10-4-3-6-16-10/h3-4,6,9H,2,5,7-8H2,1H3/t9-/m1/s1. The van der Waals surface area contributed by atoms with Crippen LogP contribution in [0.25, 0.3) is 0 Å². The molecule has 1 saturated heterocycles. The first kappa shape index (κ1) is 12.2. The maximum atomic E-state index is 12.1. The predicted octanol–water partition coefficient (Wildman–Crippen LogP) is 0.929. The SMILES string of the molecule is CCN(C(=O)c1ccco1)[C@@H]1CCS(=O)(=O)C1. The summed E-state index contributed by atoms with van der Waals surface area (Å²) in [5.41, 5.74) is 0. The van der Waals surface area contributed by atoms with Crippen LogP contribution in [-0.2, 0) is 9.84 Å². The Balaban J connectivity index is 2.15. The number of carbonyl (C=O) groups is 1. The molecule has 0 saturated carbocycles. The molecule has 1 aromatic heterocycles. The van der Waals surface area contributed by atoms with Gasteiger partial charge in [0.15, 0.2) is 15.6 Å². The third-order valence-electron chi connectivity index (χ3n) is 2.98. The molecule has 1 fully saturated rings. The number of rotatable bonds is 3. The van der Waals surface area contributed by atoms with Gasteiger partial charge in [-0.15, -0.1) is 0 Å². The normalized spacial score (nSPS) is 22.5. The summed E-state index contributed by atoms with van der Waals surface area (Å²) in [6.45, 7) is 2.32. The molecule has 0 aromatic carbocycles. The summed E-state index contributed by atoms with van der Waals surface area (Å²) < 4.78 is 27.9. The highest BCUT2D eigenvalue weighted by molar-refractivity contribution is 7.91. The number of hydrogen-bond donors (Lipinski definition) is 0. The lowest BCUT2D eigenvalue weighted by atomic mass is 10.2. The molecular formula is C11H15NO4S. The first-order valence-corrected chi connectivity index (χ1v) is 7.40. The van der Waals surface area contributed by atoms with E-state index in [2.05, 4.69) is 0 Å². The third-order valence-corrected chi connectivity index (χ3v) is 4.73. The van der Waals surface area contributed by atoms with Crippen molar-refractivity contribution >= 4 is 15.7 Å². The summed E-state index contributed by atoms with van der Waals surface area (Å²) in [7, 11) is -2.98. The largest absolute Gasteiger partial charge is 0.459 e. The molecule has 1 atom stereocenters. The van der Waals surface area contributed by atoms with Crippen LogP contribution in [0.4, 0.5) is 0 Å². The van der Waals surface area contributed by atoms with Crippen molar-refractivity contribution in [3.05, 3.63) is 24.2 Å². The van der Waals surface area contributed by atoms with Gasteiger partial charge in [-0.3, -0.25) is 4.79 Å². The second-order valence-corrected chi connectivity index (χ2v) is 6.35. The predicted molar refractivity (Wildman–Crippen MR) is 62.5 cm³/mol. The minimum atomic E-state index is -2.98. The first-order valence-electron chi connectivity index (χ1n) is 5.58. The van der Waals surface area contributed by atoms with Crippen molar-refractivity contribution in [2.45, 2.75) is 19.4 Å². The van der Waals surface area contributed by atoms with Gasteiger partial charge >= 0.3 is 0 Å². The minimum Gasteiger partial charge on any atom is -0.459 e. The van der Waals surface area contributed by atoms with E-state index in [-0.39, 0.29) is 29.2 Å². The molecule has 17 heavy (non-hydrogen) atoms. The number of sulfone groups is 1. The number of hydrogen-bond acceptors (Lipinski definition) is 4. The van der Waals surface area contributed by atoms with E-state index in [1.807, 2.05) is 6.92 Å². The van der Waals surface area contributed by atoms with Crippen LogP contribution in [0, 0.1) is 0 Å². The molecule has 2 heterocycles. The van der Waals surface area contributed by atoms with Crippen LogP contribution in [0.15, 0.2) is 22.8 Å². The van der Waals surface area contributed by atoms with E-state index >= 15 is 0 Å². The van der Waals surface area contributed by atoms with E-state index in [1.165, 1.54) is 6.26 Å². The van der Waals surface area contributed by atoms with Crippen molar-refractivity contribution in [2.24, 2.45) is 0 Å². The van der Waals surface area contributed by atoms with Gasteiger partial charge < -0.3 is 9.32 Å². The van der Waals surface area contributed by atoms with Gasteiger partial charge in [-0.2, -0.15) is 0 Å². The van der Waals surface area contributed by atoms with E-state index < -0.39 is 9.84 Å². The number of amides is 1. The van der Waals surface area contributed by atoms with Gasteiger partial charge in [-0.05, 0) is 25.5 Å². The molecule has 0 spiro atoms. The maximum Gasteiger partial charge on any atom is 0.289 e. The highest BCUT2D eigenvalue weighted by Gasteiger charge is 2.34. The molecular weight excluding hydrogens is 242 g/mol. The zero-order chi connectivity index (χ0) is 12.5. The smallest absolute Gasteiger partial charge is 0.289 e. The molecule has 94 valence electrons. The fraction of sp³-hybridized carbons (Fsp3) is 0.545. The van der Waals surface area contributed by atoms with E-state index in [0.717, 1.165) is 0 Å². The van der Waals surface area contributed by atoms with Crippen molar-refractivity contribution in [3.8, 4) is 0 Å². The lowest BCUT2D eigenvalue weighted by Crippen LogP contribution is -2.40. The van der Waals surface area contributed by atoms with Crippen LogP contribution in [0.2, 0.25) is 0 Å². The van der Waals surface area contributed by atoms with Gasteiger partial charge in [0.1, 0.15) is 0 Å². The van der Waals surface area contributed by atoms with Crippen molar-refractivity contribution in [3.63, 3.8) is 0 Å². The molecule has 0 unspecified atom stereocenters. The molecule has 1 aliphatic heterocycles. The van der Waals surface area contributed by atoms with Gasteiger partial charge in [0.05, 0.1) is 17.8 Å². The van der Waals surface area contributed by atoms with Gasteiger partial charge in [-0.1, -0.05) is 0 Å². The Labute approximate surface area is 100 Å². The third kappa shape index (κ3) is 2.52. The van der Waals surface area contributed by atoms with Crippen molar-refractivity contribution in [1.29, 1.82) is 0 Å². The van der Waals surface area contributed by atoms with Crippen molar-refractivity contribution < 1.29 is 17.6 Å². The number of carbonyl (C=O) groups excluding carboxylic acids is 1. The summed E-state index contributed by atoms with van der Waals surface area (Å²) in [6, 6.07) is 3.02. The Bertz CT molecular complexity index is 492. The van der Waals surface area contributed by atoms with Gasteiger partial charge in [0, 0.05) is 12.6 Å². The average molecular weight is 257 g/mol. The summed E-state index contributed by atoms with van der Waals surface area (Å²) >= 11 is 0. The lowest BCUT2D eigenvalue weighted by molar-refractivity contribution is 0.0676. The lowest BCUT2D eigenvalue weighted by Gasteiger charge is -2.25. The van der Waals surface area contributed by atoms with Crippen LogP contribution >= 0.6 is 0 Å². The fourth-order valence-corrected chi connectivity index (χ4v) is 3.86. The molecule has 1 aromatic rings. The summed E-state index contributed by atoms with van der Waals surface area (Å²) in [6.07, 6.45) is 1.95. The monoisotopic (exact) mass is 257 g/mol. The van der Waals surface area contributed by atoms with Crippen molar-refractivity contribution in [2.75, 3.05) is 18.1 Å². The van der Waals surface area contributed by atoms with E-state index in [4.69, 9.17) is 4.42 Å². The number of furan rings is 1. The first-order chi connectivity index (χ1) is 8.03. The Morgan fingerprint density at radius 3 is 2.82 bits per heavy atom. The molecule has 0 bridgehead atoms. The fourth-order valence-electron chi connectivity index (χ4n) is 2.13. The van der Waals surface area contributed by atoms with Gasteiger partial charge in [0.25, 0.3) is 5.91 Å². The summed E-state index contributed by atoms with van der Waals surface area (Å²) in [5.74, 6) is 0.253. The van der Waals surface area contributed by atoms with Crippen LogP contribution < -0.4 is 0 Å². The molecule has 5 nitrogen and oxygen atoms in total. The van der Waals surface area contributed by atoms with E-state index in [0.29, 0.717) is 13.0 Å². The second kappa shape index (κ2) is 4.52. The number of nitrogens with zero attached hydrogens (tertiary/aromatic N) is 1. The molecule has 6 heteroatoms. The van der Waals surface area contributed by atoms with Crippen LogP contribution in [0.5, 0.6) is 0 Å². The Hall–Kier alpha value is -1.30. The van der Waals surface area contributed by atoms with E-state index in [1.54, 1.807) is 17.0 Å². The Morgan fingerprint density at radius 1 is 1.59 bits per heavy atom. The highest BCUT2D eigenvalue weighted by atomic mass is 32.2. The van der Waals surface area contributed by atoms with Gasteiger partial charge in [0.2, 0.25) is 0 Å². The van der Waals surface area contributed by atoms with Crippen LogP contribution in [0.3, 0.4) is 0 Å². The summed E-state index contributed by atoms with van der Waals surface area (Å²) in [5, 5.41) is 0. The van der Waals surface area contributed by atoms with Crippen LogP contribution in [0.1, 0.15) is 23.9 Å². The van der Waals surface area contributed by atoms with E-state index in [9.17, 15) is 13.2 Å². The average Bonchev–Trinajstić information content (AvgIpc) is 2.88. The molecule has 2 rings (SSSR count). The zero-order valence-electron chi connectivity index (χ0n) is 9.63. The van der Waals surface area contributed by atoms with Crippen LogP contribution in [-0.4, -0.2) is 43.3 Å². The molecule has 0 aliphatic carbocycles. The topological polar surface area (TPSA) is 67.6 Å². The molecule has 1 aliphatic rings. The quantitative estimate of drug-likeness (QED) is 0.807. The minimum absolute atomic E-state index is 0.0628.